The van der Waals surface area contributed by atoms with Gasteiger partial charge in [-0.3, -0.25) is 0 Å². The minimum atomic E-state index is -0.198. The average molecular weight is 1180 g/mol. The first-order valence-corrected chi connectivity index (χ1v) is 32.7. The second-order valence-corrected chi connectivity index (χ2v) is 28.2. The van der Waals surface area contributed by atoms with Crippen LogP contribution in [0.3, 0.4) is 0 Å². The third kappa shape index (κ3) is 8.60. The van der Waals surface area contributed by atoms with Crippen LogP contribution in [0, 0.1) is 0 Å². The lowest BCUT2D eigenvalue weighted by Crippen LogP contribution is -2.18. The molecule has 0 spiro atoms. The summed E-state index contributed by atoms with van der Waals surface area (Å²) in [6, 6.07) is 100. The highest BCUT2D eigenvalue weighted by Gasteiger charge is 2.40. The predicted octanol–water partition coefficient (Wildman–Crippen LogP) is 24.5. The zero-order valence-corrected chi connectivity index (χ0v) is 53.6. The Bertz CT molecular complexity index is 4950. The predicted molar refractivity (Wildman–Crippen MR) is 392 cm³/mol. The van der Waals surface area contributed by atoms with E-state index in [1.54, 1.807) is 0 Å². The average Bonchev–Trinajstić information content (AvgIpc) is 1.59. The van der Waals surface area contributed by atoms with Gasteiger partial charge in [-0.1, -0.05) is 262 Å². The monoisotopic (exact) mass is 1180 g/mol. The SMILES string of the molecule is CC1(C)c2ccccc2-c2ccc(N(c3ccccc3)c3ccc4c(c3)C(C)(C)c3cc(C=Cc5ccc6c(ccc7cc(C=Cc8ccc9c(c8)C(C)(C)c8cc(N(c%10ccccc%10)c%10ccc%11c(c%10)C(C)(C)c%10ccccc%10-%11)ccc8-9)ccc76)c5)ccc3-4)cc21. The molecule has 0 amide bonds. The van der Waals surface area contributed by atoms with Gasteiger partial charge in [-0.15, -0.1) is 0 Å². The van der Waals surface area contributed by atoms with Crippen molar-refractivity contribution in [2.24, 2.45) is 0 Å². The minimum Gasteiger partial charge on any atom is -0.310 e. The van der Waals surface area contributed by atoms with Crippen LogP contribution in [0.5, 0.6) is 0 Å². The van der Waals surface area contributed by atoms with E-state index in [1.165, 1.54) is 144 Å². The normalized spacial score (nSPS) is 15.2. The van der Waals surface area contributed by atoms with Crippen molar-refractivity contribution in [2.45, 2.75) is 77.0 Å². The van der Waals surface area contributed by atoms with Crippen LogP contribution in [0.1, 0.15) is 122 Å². The van der Waals surface area contributed by atoms with Gasteiger partial charge < -0.3 is 9.80 Å². The zero-order chi connectivity index (χ0) is 62.4. The summed E-state index contributed by atoms with van der Waals surface area (Å²) < 4.78 is 0. The maximum Gasteiger partial charge on any atom is 0.0465 e. The van der Waals surface area contributed by atoms with E-state index < -0.39 is 0 Å². The number of para-hydroxylation sites is 2. The molecule has 442 valence electrons. The number of nitrogens with zero attached hydrogens (tertiary/aromatic N) is 2. The molecule has 0 saturated carbocycles. The van der Waals surface area contributed by atoms with E-state index in [-0.39, 0.29) is 21.7 Å². The lowest BCUT2D eigenvalue weighted by molar-refractivity contribution is 0.659. The van der Waals surface area contributed by atoms with Gasteiger partial charge in [0.05, 0.1) is 0 Å². The minimum absolute atomic E-state index is 0.0918. The molecule has 0 heterocycles. The van der Waals surface area contributed by atoms with Gasteiger partial charge in [0.2, 0.25) is 0 Å². The Kier molecular flexibility index (Phi) is 12.4. The number of fused-ring (bicyclic) bond motifs is 15. The van der Waals surface area contributed by atoms with Crippen LogP contribution in [0.4, 0.5) is 34.1 Å². The first-order chi connectivity index (χ1) is 44.6. The summed E-state index contributed by atoms with van der Waals surface area (Å²) in [5.41, 5.74) is 32.7. The Hall–Kier alpha value is -10.5. The van der Waals surface area contributed by atoms with Gasteiger partial charge in [0, 0.05) is 55.8 Å². The van der Waals surface area contributed by atoms with E-state index in [4.69, 9.17) is 0 Å². The summed E-state index contributed by atoms with van der Waals surface area (Å²) in [6.45, 7) is 19.0. The molecule has 13 aromatic carbocycles. The number of hydrogen-bond acceptors (Lipinski definition) is 2. The second kappa shape index (κ2) is 20.5. The second-order valence-electron chi connectivity index (χ2n) is 28.2. The highest BCUT2D eigenvalue weighted by Crippen LogP contribution is 2.56. The molecule has 4 aliphatic carbocycles. The zero-order valence-electron chi connectivity index (χ0n) is 53.6. The van der Waals surface area contributed by atoms with Gasteiger partial charge in [0.25, 0.3) is 0 Å². The third-order valence-corrected chi connectivity index (χ3v) is 21.4. The first-order valence-electron chi connectivity index (χ1n) is 32.7. The van der Waals surface area contributed by atoms with Crippen molar-refractivity contribution in [1.29, 1.82) is 0 Å². The summed E-state index contributed by atoms with van der Waals surface area (Å²) in [4.78, 5) is 4.88. The standard InChI is InChI=1S/C90H72N2/c1-87(2)79-25-17-15-23-71(79)75-45-37-65(53-83(75)87)91(63-19-11-9-12-20-63)67-39-47-77-73-43-33-59(51-81(73)89(5,6)85(77)55-67)29-27-57-31-41-69-61(49-57)35-36-62-50-58(32-42-70(62)69)28-30-60-34-44-74-78-48-40-68(56-86(78)90(7,8)82(74)52-60)92(64-21-13-10-14-22-64)66-38-46-76-72-24-16-18-26-80(72)88(3,4)84(76)54-66/h9-56H,1-8H3. The van der Waals surface area contributed by atoms with Crippen molar-refractivity contribution >= 4 is 80.0 Å². The summed E-state index contributed by atoms with van der Waals surface area (Å²) in [5, 5.41) is 5.01. The summed E-state index contributed by atoms with van der Waals surface area (Å²) in [6.07, 6.45) is 9.10. The van der Waals surface area contributed by atoms with Crippen LogP contribution >= 0.6 is 0 Å². The molecule has 13 aromatic rings. The fourth-order valence-electron chi connectivity index (χ4n) is 16.4. The van der Waals surface area contributed by atoms with Gasteiger partial charge in [0.15, 0.2) is 0 Å². The maximum atomic E-state index is 2.44. The number of rotatable bonds is 10. The molecule has 17 rings (SSSR count). The molecule has 2 nitrogen and oxygen atoms in total. The lowest BCUT2D eigenvalue weighted by atomic mass is 9.81. The van der Waals surface area contributed by atoms with Crippen LogP contribution in [0.15, 0.2) is 267 Å². The van der Waals surface area contributed by atoms with E-state index in [0.29, 0.717) is 0 Å². The quantitative estimate of drug-likeness (QED) is 0.0995. The van der Waals surface area contributed by atoms with Crippen molar-refractivity contribution in [3.05, 3.63) is 334 Å². The van der Waals surface area contributed by atoms with Crippen LogP contribution in [0.25, 0.3) is 90.4 Å². The summed E-state index contributed by atoms with van der Waals surface area (Å²) >= 11 is 0. The highest BCUT2D eigenvalue weighted by molar-refractivity contribution is 6.09. The van der Waals surface area contributed by atoms with Gasteiger partial charge in [-0.25, -0.2) is 0 Å². The fourth-order valence-corrected chi connectivity index (χ4v) is 16.4. The van der Waals surface area contributed by atoms with E-state index in [0.717, 1.165) is 22.7 Å². The molecule has 0 unspecified atom stereocenters. The lowest BCUT2D eigenvalue weighted by Gasteiger charge is -2.29. The number of hydrogen-bond donors (Lipinski definition) is 0. The van der Waals surface area contributed by atoms with Gasteiger partial charge >= 0.3 is 0 Å². The van der Waals surface area contributed by atoms with E-state index in [9.17, 15) is 0 Å². The largest absolute Gasteiger partial charge is 0.310 e. The Balaban J connectivity index is 0.604. The topological polar surface area (TPSA) is 6.48 Å². The Morgan fingerprint density at radius 2 is 0.467 bits per heavy atom. The third-order valence-electron chi connectivity index (χ3n) is 21.4. The molecule has 0 radical (unpaired) electrons. The molecule has 0 saturated heterocycles. The molecule has 0 atom stereocenters. The molecular weight excluding hydrogens is 1110 g/mol. The van der Waals surface area contributed by atoms with Crippen LogP contribution in [-0.2, 0) is 21.7 Å². The van der Waals surface area contributed by atoms with Crippen LogP contribution in [-0.4, -0.2) is 0 Å². The van der Waals surface area contributed by atoms with Crippen LogP contribution < -0.4 is 9.80 Å². The Morgan fingerprint density at radius 3 is 0.815 bits per heavy atom. The Morgan fingerprint density at radius 1 is 0.207 bits per heavy atom. The molecule has 0 N–H and O–H groups in total. The van der Waals surface area contributed by atoms with E-state index >= 15 is 0 Å². The summed E-state index contributed by atoms with van der Waals surface area (Å²) in [7, 11) is 0. The van der Waals surface area contributed by atoms with Crippen LogP contribution in [0.2, 0.25) is 0 Å². The summed E-state index contributed by atoms with van der Waals surface area (Å²) in [5.74, 6) is 0. The first kappa shape index (κ1) is 55.5. The smallest absolute Gasteiger partial charge is 0.0465 e. The number of anilines is 6. The van der Waals surface area contributed by atoms with Crippen molar-refractivity contribution < 1.29 is 0 Å². The van der Waals surface area contributed by atoms with Crippen molar-refractivity contribution in [3.63, 3.8) is 0 Å². The molecule has 4 aliphatic rings. The van der Waals surface area contributed by atoms with Gasteiger partial charge in [-0.2, -0.15) is 0 Å². The molecule has 92 heavy (non-hydrogen) atoms. The molecule has 0 aliphatic heterocycles. The Labute approximate surface area is 541 Å². The molecule has 0 aromatic heterocycles. The van der Waals surface area contributed by atoms with Gasteiger partial charge in [0.1, 0.15) is 0 Å². The van der Waals surface area contributed by atoms with E-state index in [2.05, 4.69) is 356 Å². The number of benzene rings is 13. The molecule has 2 heteroatoms. The molecular formula is C90H72N2. The van der Waals surface area contributed by atoms with Gasteiger partial charge in [-0.05, 0) is 218 Å². The van der Waals surface area contributed by atoms with Crippen molar-refractivity contribution in [2.75, 3.05) is 9.80 Å². The highest BCUT2D eigenvalue weighted by atomic mass is 15.1. The van der Waals surface area contributed by atoms with E-state index in [1.807, 2.05) is 0 Å². The van der Waals surface area contributed by atoms with Crippen molar-refractivity contribution in [1.82, 2.24) is 0 Å². The molecule has 0 fully saturated rings. The van der Waals surface area contributed by atoms with Crippen molar-refractivity contribution in [3.8, 4) is 44.5 Å². The molecule has 0 bridgehead atoms. The fraction of sp³-hybridized carbons (Fsp3) is 0.133. The maximum absolute atomic E-state index is 2.44.